The maximum atomic E-state index is 14.1. The van der Waals surface area contributed by atoms with Crippen molar-refractivity contribution in [2.75, 3.05) is 10.2 Å². The van der Waals surface area contributed by atoms with Gasteiger partial charge in [-0.2, -0.15) is 0 Å². The zero-order chi connectivity index (χ0) is 19.4. The van der Waals surface area contributed by atoms with E-state index in [4.69, 9.17) is 0 Å². The maximum absolute atomic E-state index is 14.1. The molecule has 1 aliphatic carbocycles. The first-order valence-corrected chi connectivity index (χ1v) is 9.39. The summed E-state index contributed by atoms with van der Waals surface area (Å²) in [5, 5.41) is 2.60. The molecule has 0 unspecified atom stereocenters. The molecule has 0 radical (unpaired) electrons. The molecule has 0 saturated heterocycles. The van der Waals surface area contributed by atoms with Gasteiger partial charge in [0.05, 0.1) is 23.1 Å². The van der Waals surface area contributed by atoms with Crippen molar-refractivity contribution in [3.8, 4) is 0 Å². The van der Waals surface area contributed by atoms with E-state index in [9.17, 15) is 14.0 Å². The number of benzene rings is 2. The molecule has 2 aromatic carbocycles. The molecule has 1 N–H and O–H groups in total. The quantitative estimate of drug-likeness (QED) is 0.755. The Balaban J connectivity index is 1.46. The summed E-state index contributed by atoms with van der Waals surface area (Å²) in [4.78, 5) is 32.0. The highest BCUT2D eigenvalue weighted by molar-refractivity contribution is 6.05. The number of hydrogen-bond donors (Lipinski definition) is 1. The van der Waals surface area contributed by atoms with E-state index in [1.807, 2.05) is 28.8 Å². The number of fused-ring (bicyclic) bond motifs is 3. The van der Waals surface area contributed by atoms with Crippen molar-refractivity contribution < 1.29 is 14.0 Å². The summed E-state index contributed by atoms with van der Waals surface area (Å²) in [6.07, 6.45) is 1.83. The molecule has 28 heavy (non-hydrogen) atoms. The highest BCUT2D eigenvalue weighted by atomic mass is 19.1. The molecule has 2 aliphatic rings. The van der Waals surface area contributed by atoms with Crippen LogP contribution < -0.4 is 10.2 Å². The fourth-order valence-electron chi connectivity index (χ4n) is 3.83. The number of rotatable bonds is 4. The molecule has 7 heteroatoms. The van der Waals surface area contributed by atoms with E-state index in [1.165, 1.54) is 12.1 Å². The number of aromatic nitrogens is 2. The first-order chi connectivity index (χ1) is 13.5. The van der Waals surface area contributed by atoms with Crippen molar-refractivity contribution in [2.24, 2.45) is 0 Å². The Morgan fingerprint density at radius 1 is 1.25 bits per heavy atom. The Morgan fingerprint density at radius 2 is 2.04 bits per heavy atom. The number of hydrogen-bond acceptors (Lipinski definition) is 3. The van der Waals surface area contributed by atoms with Crippen LogP contribution in [0.15, 0.2) is 42.5 Å². The van der Waals surface area contributed by atoms with Crippen LogP contribution in [0.1, 0.15) is 30.9 Å². The fourth-order valence-corrected chi connectivity index (χ4v) is 3.83. The van der Waals surface area contributed by atoms with E-state index in [-0.39, 0.29) is 24.1 Å². The van der Waals surface area contributed by atoms with Crippen LogP contribution in [0.4, 0.5) is 16.0 Å². The number of aryl methyl sites for hydroxylation is 1. The smallest absolute Gasteiger partial charge is 0.253 e. The van der Waals surface area contributed by atoms with E-state index < -0.39 is 17.8 Å². The van der Waals surface area contributed by atoms with Crippen molar-refractivity contribution in [2.45, 2.75) is 38.3 Å². The Morgan fingerprint density at radius 3 is 2.79 bits per heavy atom. The van der Waals surface area contributed by atoms with Gasteiger partial charge in [-0.1, -0.05) is 18.2 Å². The molecule has 1 saturated carbocycles. The zero-order valence-corrected chi connectivity index (χ0v) is 15.4. The van der Waals surface area contributed by atoms with Crippen LogP contribution in [-0.4, -0.2) is 27.4 Å². The normalized spacial score (nSPS) is 18.6. The lowest BCUT2D eigenvalue weighted by molar-refractivity contribution is -0.124. The van der Waals surface area contributed by atoms with Crippen molar-refractivity contribution in [3.63, 3.8) is 0 Å². The summed E-state index contributed by atoms with van der Waals surface area (Å²) in [6.45, 7) is 1.78. The number of carbonyl (C=O) groups is 2. The minimum Gasteiger partial charge on any atom is -0.324 e. The van der Waals surface area contributed by atoms with Gasteiger partial charge in [-0.3, -0.25) is 19.1 Å². The van der Waals surface area contributed by atoms with Gasteiger partial charge < -0.3 is 5.32 Å². The van der Waals surface area contributed by atoms with E-state index in [1.54, 1.807) is 17.9 Å². The zero-order valence-electron chi connectivity index (χ0n) is 15.4. The second kappa shape index (κ2) is 6.15. The van der Waals surface area contributed by atoms with Crippen LogP contribution in [-0.2, 0) is 9.59 Å². The topological polar surface area (TPSA) is 67.2 Å². The molecule has 6 nitrogen and oxygen atoms in total. The molecule has 2 amide bonds. The third-order valence-electron chi connectivity index (χ3n) is 5.32. The Bertz CT molecular complexity index is 1120. The third-order valence-corrected chi connectivity index (χ3v) is 5.32. The summed E-state index contributed by atoms with van der Waals surface area (Å²) < 4.78 is 15.9. The SMILES string of the molecule is Cc1ccc(NC(=O)C[C@H]2C(=O)N(C3CC3)c3nc4ccccc4n32)c(F)c1. The molecule has 1 aromatic heterocycles. The van der Waals surface area contributed by atoms with Crippen LogP contribution in [0.3, 0.4) is 0 Å². The van der Waals surface area contributed by atoms with Crippen LogP contribution in [0.5, 0.6) is 0 Å². The lowest BCUT2D eigenvalue weighted by Gasteiger charge is -2.15. The van der Waals surface area contributed by atoms with Gasteiger partial charge in [0.15, 0.2) is 0 Å². The van der Waals surface area contributed by atoms with Crippen LogP contribution in [0.2, 0.25) is 0 Å². The Hall–Kier alpha value is -3.22. The van der Waals surface area contributed by atoms with E-state index >= 15 is 0 Å². The van der Waals surface area contributed by atoms with Gasteiger partial charge >= 0.3 is 0 Å². The van der Waals surface area contributed by atoms with Crippen LogP contribution in [0, 0.1) is 12.7 Å². The van der Waals surface area contributed by atoms with Gasteiger partial charge in [0.1, 0.15) is 11.9 Å². The van der Waals surface area contributed by atoms with Gasteiger partial charge in [-0.15, -0.1) is 0 Å². The Labute approximate surface area is 161 Å². The molecule has 142 valence electrons. The molecule has 1 atom stereocenters. The highest BCUT2D eigenvalue weighted by Gasteiger charge is 2.47. The predicted octanol–water partition coefficient (Wildman–Crippen LogP) is 3.56. The summed E-state index contributed by atoms with van der Waals surface area (Å²) in [6, 6.07) is 11.7. The number of anilines is 2. The molecule has 5 rings (SSSR count). The molecule has 1 fully saturated rings. The summed E-state index contributed by atoms with van der Waals surface area (Å²) >= 11 is 0. The minimum atomic E-state index is -0.670. The predicted molar refractivity (Wildman–Crippen MR) is 104 cm³/mol. The van der Waals surface area contributed by atoms with Crippen molar-refractivity contribution >= 4 is 34.5 Å². The first-order valence-electron chi connectivity index (χ1n) is 9.39. The number of para-hydroxylation sites is 2. The van der Waals surface area contributed by atoms with Gasteiger partial charge in [0.25, 0.3) is 5.91 Å². The average molecular weight is 378 g/mol. The lowest BCUT2D eigenvalue weighted by Crippen LogP contribution is -2.33. The van der Waals surface area contributed by atoms with Gasteiger partial charge in [-0.05, 0) is 49.6 Å². The lowest BCUT2D eigenvalue weighted by atomic mass is 10.1. The first kappa shape index (κ1) is 16.9. The number of imidazole rings is 1. The standard InChI is InChI=1S/C21H19FN4O2/c1-12-6-9-15(14(22)10-12)23-19(27)11-18-20(28)25(13-7-8-13)21-24-16-4-2-3-5-17(16)26(18)21/h2-6,9-10,13,18H,7-8,11H2,1H3,(H,23,27)/t18-/m0/s1. The molecule has 1 aliphatic heterocycles. The fraction of sp³-hybridized carbons (Fsp3) is 0.286. The number of amides is 2. The maximum Gasteiger partial charge on any atom is 0.253 e. The van der Waals surface area contributed by atoms with Gasteiger partial charge in [-0.25, -0.2) is 9.37 Å². The molecule has 0 spiro atoms. The second-order valence-corrected chi connectivity index (χ2v) is 7.46. The van der Waals surface area contributed by atoms with Crippen molar-refractivity contribution in [1.82, 2.24) is 9.55 Å². The minimum absolute atomic E-state index is 0.0667. The molecule has 2 heterocycles. The molecular weight excluding hydrogens is 359 g/mol. The average Bonchev–Trinajstić information content (AvgIpc) is 3.37. The summed E-state index contributed by atoms with van der Waals surface area (Å²) in [5.74, 6) is -0.398. The van der Waals surface area contributed by atoms with Gasteiger partial charge in [0.2, 0.25) is 11.9 Å². The van der Waals surface area contributed by atoms with E-state index in [0.29, 0.717) is 5.95 Å². The second-order valence-electron chi connectivity index (χ2n) is 7.46. The van der Waals surface area contributed by atoms with Crippen molar-refractivity contribution in [3.05, 3.63) is 53.8 Å². The van der Waals surface area contributed by atoms with Crippen molar-refractivity contribution in [1.29, 1.82) is 0 Å². The van der Waals surface area contributed by atoms with E-state index in [2.05, 4.69) is 10.3 Å². The molecular formula is C21H19FN4O2. The van der Waals surface area contributed by atoms with Crippen LogP contribution >= 0.6 is 0 Å². The number of nitrogens with zero attached hydrogens (tertiary/aromatic N) is 3. The number of nitrogens with one attached hydrogen (secondary N) is 1. The summed E-state index contributed by atoms with van der Waals surface area (Å²) in [7, 11) is 0. The third kappa shape index (κ3) is 2.66. The monoisotopic (exact) mass is 378 g/mol. The number of halogens is 1. The number of carbonyl (C=O) groups excluding carboxylic acids is 2. The molecule has 0 bridgehead atoms. The van der Waals surface area contributed by atoms with E-state index in [0.717, 1.165) is 29.4 Å². The van der Waals surface area contributed by atoms with Gasteiger partial charge in [0, 0.05) is 6.04 Å². The van der Waals surface area contributed by atoms with Crippen LogP contribution in [0.25, 0.3) is 11.0 Å². The molecule has 3 aromatic rings. The summed E-state index contributed by atoms with van der Waals surface area (Å²) in [5.41, 5.74) is 2.52. The highest BCUT2D eigenvalue weighted by Crippen LogP contribution is 2.42. The Kier molecular flexibility index (Phi) is 3.72. The largest absolute Gasteiger partial charge is 0.324 e.